The minimum absolute atomic E-state index is 0.204. The van der Waals surface area contributed by atoms with Crippen molar-refractivity contribution in [2.45, 2.75) is 40.5 Å². The number of hydrogen-bond acceptors (Lipinski definition) is 2. The van der Waals surface area contributed by atoms with Crippen molar-refractivity contribution in [3.8, 4) is 22.6 Å². The summed E-state index contributed by atoms with van der Waals surface area (Å²) in [5, 5.41) is 19.9. The normalized spacial score (nSPS) is 9.80. The molecule has 108 valence electrons. The number of rotatable bonds is 3. The summed E-state index contributed by atoms with van der Waals surface area (Å²) < 4.78 is 0. The minimum atomic E-state index is 0.204. The van der Waals surface area contributed by atoms with Crippen molar-refractivity contribution >= 4 is 0 Å². The van der Waals surface area contributed by atoms with Crippen LogP contribution < -0.4 is 0 Å². The number of aromatic hydroxyl groups is 2. The standard InChI is InChI=1S/C16H18O2.C2H6/c1-3-11-5-7-15(17)13(9-11)14-10-12(4-2)6-8-16(14)18;1-2/h5-10,17-18H,3-4H2,1-2H3;1-2H3. The van der Waals surface area contributed by atoms with Crippen LogP contribution in [0.25, 0.3) is 11.1 Å². The fourth-order valence-corrected chi connectivity index (χ4v) is 2.04. The third kappa shape index (κ3) is 3.53. The van der Waals surface area contributed by atoms with Crippen molar-refractivity contribution in [3.63, 3.8) is 0 Å². The zero-order chi connectivity index (χ0) is 15.1. The quantitative estimate of drug-likeness (QED) is 0.833. The second kappa shape index (κ2) is 7.59. The van der Waals surface area contributed by atoms with Gasteiger partial charge >= 0.3 is 0 Å². The Balaban J connectivity index is 0.000000956. The summed E-state index contributed by atoms with van der Waals surface area (Å²) in [4.78, 5) is 0. The third-order valence-corrected chi connectivity index (χ3v) is 3.23. The lowest BCUT2D eigenvalue weighted by molar-refractivity contribution is 0.469. The molecule has 0 amide bonds. The Hall–Kier alpha value is -1.96. The average Bonchev–Trinajstić information content (AvgIpc) is 2.50. The van der Waals surface area contributed by atoms with Gasteiger partial charge in [0.2, 0.25) is 0 Å². The van der Waals surface area contributed by atoms with Gasteiger partial charge < -0.3 is 10.2 Å². The van der Waals surface area contributed by atoms with Gasteiger partial charge in [-0.25, -0.2) is 0 Å². The fourth-order valence-electron chi connectivity index (χ4n) is 2.04. The highest BCUT2D eigenvalue weighted by molar-refractivity contribution is 5.76. The predicted octanol–water partition coefficient (Wildman–Crippen LogP) is 4.92. The van der Waals surface area contributed by atoms with E-state index in [-0.39, 0.29) is 11.5 Å². The SMILES string of the molecule is CC.CCc1ccc(O)c(-c2cc(CC)ccc2O)c1. The van der Waals surface area contributed by atoms with E-state index in [2.05, 4.69) is 13.8 Å². The molecule has 0 aromatic heterocycles. The van der Waals surface area contributed by atoms with E-state index < -0.39 is 0 Å². The monoisotopic (exact) mass is 272 g/mol. The molecule has 0 radical (unpaired) electrons. The summed E-state index contributed by atoms with van der Waals surface area (Å²) in [7, 11) is 0. The van der Waals surface area contributed by atoms with Gasteiger partial charge in [0.05, 0.1) is 0 Å². The van der Waals surface area contributed by atoms with Crippen LogP contribution in [0.1, 0.15) is 38.8 Å². The number of hydrogen-bond donors (Lipinski definition) is 2. The van der Waals surface area contributed by atoms with Gasteiger partial charge in [-0.3, -0.25) is 0 Å². The molecular weight excluding hydrogens is 248 g/mol. The Morgan fingerprint density at radius 3 is 1.35 bits per heavy atom. The van der Waals surface area contributed by atoms with Gasteiger partial charge in [0.15, 0.2) is 0 Å². The highest BCUT2D eigenvalue weighted by Crippen LogP contribution is 2.36. The molecule has 0 fully saturated rings. The summed E-state index contributed by atoms with van der Waals surface area (Å²) in [6.07, 6.45) is 1.81. The summed E-state index contributed by atoms with van der Waals surface area (Å²) >= 11 is 0. The van der Waals surface area contributed by atoms with Crippen molar-refractivity contribution in [2.75, 3.05) is 0 Å². The molecule has 2 heteroatoms. The number of aryl methyl sites for hydroxylation is 2. The molecule has 2 aromatic rings. The van der Waals surface area contributed by atoms with E-state index in [1.807, 2.05) is 38.1 Å². The number of phenolic OH excluding ortho intramolecular Hbond substituents is 2. The van der Waals surface area contributed by atoms with Crippen molar-refractivity contribution < 1.29 is 10.2 Å². The Kier molecular flexibility index (Phi) is 6.10. The molecule has 0 atom stereocenters. The van der Waals surface area contributed by atoms with Crippen LogP contribution in [0.5, 0.6) is 11.5 Å². The Labute approximate surface area is 121 Å². The smallest absolute Gasteiger partial charge is 0.123 e. The van der Waals surface area contributed by atoms with Crippen LogP contribution in [-0.4, -0.2) is 10.2 Å². The molecule has 2 aromatic carbocycles. The number of phenols is 2. The lowest BCUT2D eigenvalue weighted by atomic mass is 9.98. The van der Waals surface area contributed by atoms with Gasteiger partial charge in [-0.1, -0.05) is 39.8 Å². The maximum Gasteiger partial charge on any atom is 0.123 e. The second-order valence-electron chi connectivity index (χ2n) is 4.41. The van der Waals surface area contributed by atoms with Crippen LogP contribution in [-0.2, 0) is 12.8 Å². The molecule has 0 saturated heterocycles. The van der Waals surface area contributed by atoms with Gasteiger partial charge in [0.25, 0.3) is 0 Å². The first-order chi connectivity index (χ1) is 9.65. The largest absolute Gasteiger partial charge is 0.507 e. The highest BCUT2D eigenvalue weighted by Gasteiger charge is 2.10. The molecule has 0 bridgehead atoms. The summed E-state index contributed by atoms with van der Waals surface area (Å²) in [5.41, 5.74) is 3.68. The van der Waals surface area contributed by atoms with Crippen molar-refractivity contribution in [1.82, 2.24) is 0 Å². The van der Waals surface area contributed by atoms with Crippen molar-refractivity contribution in [2.24, 2.45) is 0 Å². The Morgan fingerprint density at radius 1 is 0.700 bits per heavy atom. The molecule has 2 nitrogen and oxygen atoms in total. The van der Waals surface area contributed by atoms with Crippen molar-refractivity contribution in [3.05, 3.63) is 47.5 Å². The van der Waals surface area contributed by atoms with Crippen LogP contribution in [0.3, 0.4) is 0 Å². The van der Waals surface area contributed by atoms with E-state index in [0.29, 0.717) is 11.1 Å². The van der Waals surface area contributed by atoms with Crippen LogP contribution in [0, 0.1) is 0 Å². The average molecular weight is 272 g/mol. The van der Waals surface area contributed by atoms with E-state index in [1.165, 1.54) is 0 Å². The molecular formula is C18H24O2. The Morgan fingerprint density at radius 2 is 1.05 bits per heavy atom. The fraction of sp³-hybridized carbons (Fsp3) is 0.333. The van der Waals surface area contributed by atoms with E-state index in [9.17, 15) is 10.2 Å². The molecule has 0 unspecified atom stereocenters. The lowest BCUT2D eigenvalue weighted by Gasteiger charge is -2.10. The summed E-state index contributed by atoms with van der Waals surface area (Å²) in [6, 6.07) is 11.0. The van der Waals surface area contributed by atoms with Crippen LogP contribution in [0.4, 0.5) is 0 Å². The topological polar surface area (TPSA) is 40.5 Å². The highest BCUT2D eigenvalue weighted by atomic mass is 16.3. The van der Waals surface area contributed by atoms with Gasteiger partial charge in [-0.15, -0.1) is 0 Å². The first kappa shape index (κ1) is 16.1. The molecule has 2 N–H and O–H groups in total. The van der Waals surface area contributed by atoms with E-state index >= 15 is 0 Å². The minimum Gasteiger partial charge on any atom is -0.507 e. The van der Waals surface area contributed by atoms with Crippen LogP contribution in [0.2, 0.25) is 0 Å². The molecule has 2 rings (SSSR count). The first-order valence-corrected chi connectivity index (χ1v) is 7.29. The molecule has 0 aliphatic heterocycles. The molecule has 20 heavy (non-hydrogen) atoms. The zero-order valence-electron chi connectivity index (χ0n) is 12.8. The molecule has 0 aliphatic rings. The van der Waals surface area contributed by atoms with Crippen molar-refractivity contribution in [1.29, 1.82) is 0 Å². The van der Waals surface area contributed by atoms with E-state index in [4.69, 9.17) is 0 Å². The van der Waals surface area contributed by atoms with Crippen LogP contribution in [0.15, 0.2) is 36.4 Å². The third-order valence-electron chi connectivity index (χ3n) is 3.23. The van der Waals surface area contributed by atoms with Gasteiger partial charge in [0.1, 0.15) is 11.5 Å². The van der Waals surface area contributed by atoms with Gasteiger partial charge in [-0.05, 0) is 48.2 Å². The number of benzene rings is 2. The van der Waals surface area contributed by atoms with Gasteiger partial charge in [0, 0.05) is 11.1 Å². The zero-order valence-corrected chi connectivity index (χ0v) is 12.8. The maximum absolute atomic E-state index is 9.96. The maximum atomic E-state index is 9.96. The molecule has 0 heterocycles. The summed E-state index contributed by atoms with van der Waals surface area (Å²) in [5.74, 6) is 0.409. The van der Waals surface area contributed by atoms with Gasteiger partial charge in [-0.2, -0.15) is 0 Å². The molecule has 0 saturated carbocycles. The van der Waals surface area contributed by atoms with E-state index in [1.54, 1.807) is 12.1 Å². The van der Waals surface area contributed by atoms with Crippen LogP contribution >= 0.6 is 0 Å². The second-order valence-corrected chi connectivity index (χ2v) is 4.41. The lowest BCUT2D eigenvalue weighted by Crippen LogP contribution is -1.87. The first-order valence-electron chi connectivity index (χ1n) is 7.29. The summed E-state index contributed by atoms with van der Waals surface area (Å²) in [6.45, 7) is 8.14. The van der Waals surface area contributed by atoms with E-state index in [0.717, 1.165) is 24.0 Å². The molecule has 0 spiro atoms. The Bertz CT molecular complexity index is 508. The predicted molar refractivity (Wildman–Crippen MR) is 85.3 cm³/mol. The molecule has 0 aliphatic carbocycles.